The van der Waals surface area contributed by atoms with Crippen LogP contribution in [0.3, 0.4) is 0 Å². The number of halogens is 1. The number of rotatable bonds is 5. The van der Waals surface area contributed by atoms with E-state index in [4.69, 9.17) is 5.11 Å². The van der Waals surface area contributed by atoms with Crippen molar-refractivity contribution in [2.75, 3.05) is 7.11 Å². The highest BCUT2D eigenvalue weighted by atomic mass is 79.9. The van der Waals surface area contributed by atoms with E-state index in [1.54, 1.807) is 0 Å². The standard InChI is InChI=1S/C12H14BrNO4/c1-18-12(17)14-10(11(15)16)7-4-8-2-5-9(13)6-3-8/h2-3,5-6,10H,4,7H2,1H3,(H,14,17)(H,15,16)/t10-/m1/s1. The Morgan fingerprint density at radius 3 is 2.50 bits per heavy atom. The van der Waals surface area contributed by atoms with E-state index >= 15 is 0 Å². The fraction of sp³-hybridized carbons (Fsp3) is 0.333. The number of carbonyl (C=O) groups excluding carboxylic acids is 1. The number of aryl methyl sites for hydroxylation is 1. The Labute approximate surface area is 113 Å². The van der Waals surface area contributed by atoms with E-state index in [9.17, 15) is 9.59 Å². The molecule has 18 heavy (non-hydrogen) atoms. The Hall–Kier alpha value is -1.56. The second-order valence-corrected chi connectivity index (χ2v) is 4.61. The predicted molar refractivity (Wildman–Crippen MR) is 69.4 cm³/mol. The summed E-state index contributed by atoms with van der Waals surface area (Å²) in [6.45, 7) is 0. The van der Waals surface area contributed by atoms with Crippen molar-refractivity contribution >= 4 is 28.0 Å². The number of carboxylic acids is 1. The van der Waals surface area contributed by atoms with Gasteiger partial charge in [-0.3, -0.25) is 0 Å². The van der Waals surface area contributed by atoms with Crippen LogP contribution in [0.2, 0.25) is 0 Å². The zero-order valence-corrected chi connectivity index (χ0v) is 11.4. The lowest BCUT2D eigenvalue weighted by Gasteiger charge is -2.13. The van der Waals surface area contributed by atoms with Crippen molar-refractivity contribution in [3.8, 4) is 0 Å². The summed E-state index contributed by atoms with van der Waals surface area (Å²) >= 11 is 3.32. The molecule has 6 heteroatoms. The van der Waals surface area contributed by atoms with Gasteiger partial charge >= 0.3 is 12.1 Å². The third-order valence-corrected chi connectivity index (χ3v) is 2.94. The van der Waals surface area contributed by atoms with Crippen LogP contribution in [0.1, 0.15) is 12.0 Å². The van der Waals surface area contributed by atoms with Crippen molar-refractivity contribution in [2.24, 2.45) is 0 Å². The fourth-order valence-electron chi connectivity index (χ4n) is 1.42. The molecule has 0 aliphatic carbocycles. The van der Waals surface area contributed by atoms with E-state index in [2.05, 4.69) is 26.0 Å². The van der Waals surface area contributed by atoms with Crippen LogP contribution in [0, 0.1) is 0 Å². The topological polar surface area (TPSA) is 75.6 Å². The summed E-state index contributed by atoms with van der Waals surface area (Å²) in [6.07, 6.45) is 0.138. The number of hydrogen-bond donors (Lipinski definition) is 2. The van der Waals surface area contributed by atoms with Gasteiger partial charge in [0.2, 0.25) is 0 Å². The van der Waals surface area contributed by atoms with E-state index in [0.29, 0.717) is 12.8 Å². The Bertz CT molecular complexity index is 419. The van der Waals surface area contributed by atoms with Gasteiger partial charge in [0.1, 0.15) is 6.04 Å². The van der Waals surface area contributed by atoms with Crippen LogP contribution < -0.4 is 5.32 Å². The lowest BCUT2D eigenvalue weighted by atomic mass is 10.1. The van der Waals surface area contributed by atoms with Gasteiger partial charge in [-0.05, 0) is 30.5 Å². The molecule has 0 bridgehead atoms. The molecule has 98 valence electrons. The number of amides is 1. The van der Waals surface area contributed by atoms with E-state index in [0.717, 1.165) is 10.0 Å². The lowest BCUT2D eigenvalue weighted by molar-refractivity contribution is -0.139. The van der Waals surface area contributed by atoms with Crippen molar-refractivity contribution in [3.05, 3.63) is 34.3 Å². The Balaban J connectivity index is 2.54. The normalized spacial score (nSPS) is 11.7. The van der Waals surface area contributed by atoms with Gasteiger partial charge in [0, 0.05) is 4.47 Å². The summed E-state index contributed by atoms with van der Waals surface area (Å²) in [5, 5.41) is 11.2. The molecule has 1 amide bonds. The Morgan fingerprint density at radius 2 is 2.00 bits per heavy atom. The molecule has 1 atom stereocenters. The number of methoxy groups -OCH3 is 1. The van der Waals surface area contributed by atoms with Gasteiger partial charge in [0.25, 0.3) is 0 Å². The van der Waals surface area contributed by atoms with Gasteiger partial charge < -0.3 is 15.2 Å². The largest absolute Gasteiger partial charge is 0.480 e. The van der Waals surface area contributed by atoms with Crippen LogP contribution in [-0.2, 0) is 16.0 Å². The molecule has 0 aromatic heterocycles. The van der Waals surface area contributed by atoms with Crippen LogP contribution in [-0.4, -0.2) is 30.3 Å². The van der Waals surface area contributed by atoms with Crippen LogP contribution in [0.4, 0.5) is 4.79 Å². The number of benzene rings is 1. The minimum Gasteiger partial charge on any atom is -0.480 e. The molecule has 0 aliphatic heterocycles. The maximum absolute atomic E-state index is 11.0. The lowest BCUT2D eigenvalue weighted by Crippen LogP contribution is -2.41. The van der Waals surface area contributed by atoms with E-state index < -0.39 is 18.1 Å². The molecule has 5 nitrogen and oxygen atoms in total. The summed E-state index contributed by atoms with van der Waals surface area (Å²) in [4.78, 5) is 21.9. The van der Waals surface area contributed by atoms with Crippen molar-refractivity contribution in [1.82, 2.24) is 5.32 Å². The maximum Gasteiger partial charge on any atom is 0.407 e. The highest BCUT2D eigenvalue weighted by Gasteiger charge is 2.19. The van der Waals surface area contributed by atoms with Gasteiger partial charge in [-0.1, -0.05) is 28.1 Å². The smallest absolute Gasteiger partial charge is 0.407 e. The van der Waals surface area contributed by atoms with Gasteiger partial charge in [0.15, 0.2) is 0 Å². The van der Waals surface area contributed by atoms with Crippen LogP contribution >= 0.6 is 15.9 Å². The van der Waals surface area contributed by atoms with Crippen LogP contribution in [0.25, 0.3) is 0 Å². The first-order valence-corrected chi connectivity index (χ1v) is 6.14. The second-order valence-electron chi connectivity index (χ2n) is 3.69. The quantitative estimate of drug-likeness (QED) is 0.873. The minimum atomic E-state index is -1.07. The summed E-state index contributed by atoms with van der Waals surface area (Å²) < 4.78 is 5.35. The molecule has 0 radical (unpaired) electrons. The van der Waals surface area contributed by atoms with E-state index in [-0.39, 0.29) is 0 Å². The molecule has 0 aliphatic rings. The summed E-state index contributed by atoms with van der Waals surface area (Å²) in [7, 11) is 1.20. The van der Waals surface area contributed by atoms with Crippen molar-refractivity contribution in [3.63, 3.8) is 0 Å². The maximum atomic E-state index is 11.0. The molecular formula is C12H14BrNO4. The molecule has 0 saturated heterocycles. The van der Waals surface area contributed by atoms with Gasteiger partial charge in [-0.15, -0.1) is 0 Å². The fourth-order valence-corrected chi connectivity index (χ4v) is 1.68. The zero-order chi connectivity index (χ0) is 13.5. The molecule has 1 rings (SSSR count). The third-order valence-electron chi connectivity index (χ3n) is 2.41. The summed E-state index contributed by atoms with van der Waals surface area (Å²) in [5.74, 6) is -1.07. The SMILES string of the molecule is COC(=O)N[C@H](CCc1ccc(Br)cc1)C(=O)O. The molecule has 2 N–H and O–H groups in total. The average molecular weight is 316 g/mol. The molecule has 1 aromatic carbocycles. The number of aliphatic carboxylic acids is 1. The predicted octanol–water partition coefficient (Wildman–Crippen LogP) is 2.19. The molecular weight excluding hydrogens is 302 g/mol. The number of carboxylic acid groups (broad SMARTS) is 1. The molecule has 0 heterocycles. The highest BCUT2D eigenvalue weighted by Crippen LogP contribution is 2.12. The second kappa shape index (κ2) is 7.00. The number of ether oxygens (including phenoxy) is 1. The zero-order valence-electron chi connectivity index (χ0n) is 9.85. The average Bonchev–Trinajstić information content (AvgIpc) is 2.35. The molecule has 0 saturated carbocycles. The van der Waals surface area contributed by atoms with E-state index in [1.165, 1.54) is 7.11 Å². The number of carbonyl (C=O) groups is 2. The van der Waals surface area contributed by atoms with Crippen molar-refractivity contribution in [2.45, 2.75) is 18.9 Å². The summed E-state index contributed by atoms with van der Waals surface area (Å²) in [6, 6.07) is 6.64. The molecule has 1 aromatic rings. The third kappa shape index (κ3) is 4.75. The summed E-state index contributed by atoms with van der Waals surface area (Å²) in [5.41, 5.74) is 1.01. The first kappa shape index (κ1) is 14.5. The van der Waals surface area contributed by atoms with Gasteiger partial charge in [-0.2, -0.15) is 0 Å². The highest BCUT2D eigenvalue weighted by molar-refractivity contribution is 9.10. The molecule has 0 spiro atoms. The Kier molecular flexibility index (Phi) is 5.64. The number of alkyl carbamates (subject to hydrolysis) is 1. The van der Waals surface area contributed by atoms with Crippen molar-refractivity contribution < 1.29 is 19.4 Å². The van der Waals surface area contributed by atoms with Crippen LogP contribution in [0.15, 0.2) is 28.7 Å². The first-order chi connectivity index (χ1) is 8.52. The molecule has 0 fully saturated rings. The van der Waals surface area contributed by atoms with Crippen molar-refractivity contribution in [1.29, 1.82) is 0 Å². The van der Waals surface area contributed by atoms with Gasteiger partial charge in [-0.25, -0.2) is 9.59 Å². The molecule has 0 unspecified atom stereocenters. The van der Waals surface area contributed by atoms with Gasteiger partial charge in [0.05, 0.1) is 7.11 Å². The van der Waals surface area contributed by atoms with Crippen LogP contribution in [0.5, 0.6) is 0 Å². The number of hydrogen-bond acceptors (Lipinski definition) is 3. The Morgan fingerprint density at radius 1 is 1.39 bits per heavy atom. The first-order valence-electron chi connectivity index (χ1n) is 5.34. The number of nitrogens with one attached hydrogen (secondary N) is 1. The van der Waals surface area contributed by atoms with E-state index in [1.807, 2.05) is 24.3 Å². The minimum absolute atomic E-state index is 0.312. The monoisotopic (exact) mass is 315 g/mol.